The number of benzene rings is 3. The maximum Gasteiger partial charge on any atom is 0.322 e. The van der Waals surface area contributed by atoms with Crippen molar-refractivity contribution in [3.63, 3.8) is 0 Å². The number of aliphatic hydroxyl groups is 1. The molecule has 0 spiro atoms. The molecule has 0 aromatic heterocycles. The number of anilines is 2. The van der Waals surface area contributed by atoms with Crippen LogP contribution in [0.1, 0.15) is 12.0 Å². The average molecular weight is 528 g/mol. The molecule has 3 aromatic carbocycles. The lowest BCUT2D eigenvalue weighted by Crippen LogP contribution is -2.45. The van der Waals surface area contributed by atoms with E-state index in [9.17, 15) is 23.1 Å². The van der Waals surface area contributed by atoms with Gasteiger partial charge in [0.25, 0.3) is 0 Å². The van der Waals surface area contributed by atoms with Crippen molar-refractivity contribution < 1.29 is 23.1 Å². The summed E-state index contributed by atoms with van der Waals surface area (Å²) in [6.07, 6.45) is 0.451. The second-order valence-corrected chi connectivity index (χ2v) is 11.2. The summed E-state index contributed by atoms with van der Waals surface area (Å²) in [6.45, 7) is 1.85. The highest BCUT2D eigenvalue weighted by atomic mass is 35.5. The third-order valence-electron chi connectivity index (χ3n) is 6.01. The number of hydrogen-bond donors (Lipinski definition) is 3. The van der Waals surface area contributed by atoms with Crippen molar-refractivity contribution >= 4 is 44.8 Å². The quantitative estimate of drug-likeness (QED) is 0.457. The monoisotopic (exact) mass is 527 g/mol. The Balaban J connectivity index is 1.51. The average Bonchev–Trinajstić information content (AvgIpc) is 3.22. The van der Waals surface area contributed by atoms with Crippen LogP contribution in [0.5, 0.6) is 0 Å². The molecule has 8 nitrogen and oxygen atoms in total. The fourth-order valence-electron chi connectivity index (χ4n) is 4.30. The number of carbonyl (C=O) groups excluding carboxylic acids is 2. The summed E-state index contributed by atoms with van der Waals surface area (Å²) in [5.74, 6) is -0.429. The molecule has 1 saturated heterocycles. The van der Waals surface area contributed by atoms with Crippen LogP contribution >= 0.6 is 11.6 Å². The van der Waals surface area contributed by atoms with E-state index in [4.69, 9.17) is 11.6 Å². The van der Waals surface area contributed by atoms with Gasteiger partial charge >= 0.3 is 6.03 Å². The van der Waals surface area contributed by atoms with Crippen molar-refractivity contribution in [3.8, 4) is 11.1 Å². The van der Waals surface area contributed by atoms with Crippen LogP contribution < -0.4 is 10.6 Å². The number of aliphatic hydroxyl groups excluding tert-OH is 1. The highest BCUT2D eigenvalue weighted by molar-refractivity contribution is 7.90. The number of nitrogens with zero attached hydrogens (tertiary/aromatic N) is 1. The Hall–Kier alpha value is -3.40. The molecule has 3 N–H and O–H groups in total. The minimum atomic E-state index is -3.43. The second kappa shape index (κ2) is 10.3. The number of hydrogen-bond acceptors (Lipinski definition) is 5. The van der Waals surface area contributed by atoms with E-state index in [1.807, 2.05) is 6.92 Å². The second-order valence-electron chi connectivity index (χ2n) is 8.78. The van der Waals surface area contributed by atoms with Crippen LogP contribution in [0.4, 0.5) is 16.2 Å². The van der Waals surface area contributed by atoms with Gasteiger partial charge in [-0.1, -0.05) is 35.9 Å². The van der Waals surface area contributed by atoms with E-state index < -0.39 is 33.9 Å². The fraction of sp³-hybridized carbons (Fsp3) is 0.231. The Kier molecular flexibility index (Phi) is 7.35. The minimum Gasteiger partial charge on any atom is -0.391 e. The highest BCUT2D eigenvalue weighted by Crippen LogP contribution is 2.31. The summed E-state index contributed by atoms with van der Waals surface area (Å²) in [4.78, 5) is 27.4. The van der Waals surface area contributed by atoms with Gasteiger partial charge in [0, 0.05) is 41.2 Å². The zero-order valence-electron chi connectivity index (χ0n) is 19.7. The van der Waals surface area contributed by atoms with Crippen LogP contribution in [-0.4, -0.2) is 55.3 Å². The first kappa shape index (κ1) is 25.7. The lowest BCUT2D eigenvalue weighted by molar-refractivity contribution is -0.119. The van der Waals surface area contributed by atoms with Gasteiger partial charge in [0.15, 0.2) is 9.84 Å². The molecule has 2 atom stereocenters. The van der Waals surface area contributed by atoms with E-state index in [0.717, 1.165) is 11.1 Å². The molecule has 0 bridgehead atoms. The predicted octanol–water partition coefficient (Wildman–Crippen LogP) is 4.32. The Morgan fingerprint density at radius 3 is 2.31 bits per heavy atom. The first-order valence-corrected chi connectivity index (χ1v) is 13.5. The Morgan fingerprint density at radius 1 is 0.972 bits per heavy atom. The molecule has 1 aliphatic rings. The van der Waals surface area contributed by atoms with Crippen LogP contribution in [0.25, 0.3) is 11.1 Å². The van der Waals surface area contributed by atoms with Gasteiger partial charge in [-0.2, -0.15) is 0 Å². The number of sulfone groups is 1. The topological polar surface area (TPSA) is 116 Å². The number of halogens is 1. The summed E-state index contributed by atoms with van der Waals surface area (Å²) in [5.41, 5.74) is 3.10. The van der Waals surface area contributed by atoms with E-state index in [-0.39, 0.29) is 17.9 Å². The molecule has 0 radical (unpaired) electrons. The van der Waals surface area contributed by atoms with Crippen molar-refractivity contribution in [2.75, 3.05) is 23.4 Å². The fourth-order valence-corrected chi connectivity index (χ4v) is 5.33. The Bertz CT molecular complexity index is 1410. The highest BCUT2D eigenvalue weighted by Gasteiger charge is 2.39. The number of β-amino-alcohol motifs (C(OH)–C–C–N with tert-alkyl or cyclic N) is 1. The summed E-state index contributed by atoms with van der Waals surface area (Å²) >= 11 is 5.88. The zero-order valence-corrected chi connectivity index (χ0v) is 21.3. The van der Waals surface area contributed by atoms with E-state index >= 15 is 0 Å². The van der Waals surface area contributed by atoms with E-state index in [2.05, 4.69) is 10.6 Å². The molecule has 1 aliphatic heterocycles. The van der Waals surface area contributed by atoms with Gasteiger partial charge in [0.1, 0.15) is 6.04 Å². The molecule has 1 fully saturated rings. The van der Waals surface area contributed by atoms with Crippen molar-refractivity contribution in [1.29, 1.82) is 0 Å². The standard InChI is InChI=1S/C26H26ClN3O5S/c1-16-13-19(11-12-21(16)22-5-3-4-6-24(22)36(2,34)35)28-25(32)23-14-20(31)15-30(23)26(33)29-18-9-7-17(27)8-10-18/h3-13,20,23,31H,14-15H2,1-2H3,(H,28,32)(H,29,33). The van der Waals surface area contributed by atoms with Crippen molar-refractivity contribution in [2.24, 2.45) is 0 Å². The van der Waals surface area contributed by atoms with E-state index in [1.54, 1.807) is 66.7 Å². The molecule has 4 rings (SSSR count). The van der Waals surface area contributed by atoms with Gasteiger partial charge in [0.05, 0.1) is 11.0 Å². The number of rotatable bonds is 5. The van der Waals surface area contributed by atoms with Crippen LogP contribution in [0.15, 0.2) is 71.6 Å². The van der Waals surface area contributed by atoms with E-state index in [0.29, 0.717) is 22.0 Å². The molecule has 10 heteroatoms. The molecule has 0 aliphatic carbocycles. The van der Waals surface area contributed by atoms with Crippen molar-refractivity contribution in [2.45, 2.75) is 30.4 Å². The number of urea groups is 1. The smallest absolute Gasteiger partial charge is 0.322 e. The molecule has 188 valence electrons. The number of nitrogens with one attached hydrogen (secondary N) is 2. The van der Waals surface area contributed by atoms with Gasteiger partial charge in [-0.25, -0.2) is 13.2 Å². The lowest BCUT2D eigenvalue weighted by atomic mass is 10.00. The van der Waals surface area contributed by atoms with Crippen LogP contribution in [0.2, 0.25) is 5.02 Å². The number of carbonyl (C=O) groups is 2. The van der Waals surface area contributed by atoms with Gasteiger partial charge in [-0.3, -0.25) is 4.79 Å². The third-order valence-corrected chi connectivity index (χ3v) is 7.42. The lowest BCUT2D eigenvalue weighted by Gasteiger charge is -2.24. The largest absolute Gasteiger partial charge is 0.391 e. The Morgan fingerprint density at radius 2 is 1.64 bits per heavy atom. The Labute approximate surface area is 214 Å². The van der Waals surface area contributed by atoms with Gasteiger partial charge in [-0.15, -0.1) is 0 Å². The zero-order chi connectivity index (χ0) is 26.0. The van der Waals surface area contributed by atoms with E-state index in [1.165, 1.54) is 11.2 Å². The maximum atomic E-state index is 13.1. The molecule has 1 heterocycles. The maximum absolute atomic E-state index is 13.1. The number of likely N-dealkylation sites (tertiary alicyclic amines) is 1. The third kappa shape index (κ3) is 5.70. The van der Waals surface area contributed by atoms with Crippen molar-refractivity contribution in [1.82, 2.24) is 4.90 Å². The summed E-state index contributed by atoms with van der Waals surface area (Å²) in [6, 6.07) is 17.1. The molecule has 2 unspecified atom stereocenters. The summed E-state index contributed by atoms with van der Waals surface area (Å²) in [7, 11) is -3.43. The van der Waals surface area contributed by atoms with Crippen LogP contribution in [-0.2, 0) is 14.6 Å². The molecule has 3 aromatic rings. The summed E-state index contributed by atoms with van der Waals surface area (Å²) < 4.78 is 24.4. The minimum absolute atomic E-state index is 0.0255. The molecule has 36 heavy (non-hydrogen) atoms. The molecule has 3 amide bonds. The molecular weight excluding hydrogens is 502 g/mol. The van der Waals surface area contributed by atoms with Gasteiger partial charge in [-0.05, 0) is 60.5 Å². The van der Waals surface area contributed by atoms with Crippen LogP contribution in [0, 0.1) is 6.92 Å². The normalized spacial score (nSPS) is 17.6. The van der Waals surface area contributed by atoms with Crippen molar-refractivity contribution in [3.05, 3.63) is 77.3 Å². The van der Waals surface area contributed by atoms with Gasteiger partial charge in [0.2, 0.25) is 5.91 Å². The first-order valence-electron chi connectivity index (χ1n) is 11.2. The first-order chi connectivity index (χ1) is 17.0. The predicted molar refractivity (Wildman–Crippen MR) is 140 cm³/mol. The number of amides is 3. The van der Waals surface area contributed by atoms with Gasteiger partial charge < -0.3 is 20.6 Å². The summed E-state index contributed by atoms with van der Waals surface area (Å²) in [5, 5.41) is 16.2. The SMILES string of the molecule is Cc1cc(NC(=O)C2CC(O)CN2C(=O)Nc2ccc(Cl)cc2)ccc1-c1ccccc1S(C)(=O)=O. The number of aryl methyl sites for hydroxylation is 1. The molecule has 0 saturated carbocycles. The molecular formula is C26H26ClN3O5S. The van der Waals surface area contributed by atoms with Crippen LogP contribution in [0.3, 0.4) is 0 Å².